The normalized spacial score (nSPS) is 22.3. The van der Waals surface area contributed by atoms with E-state index in [1.54, 1.807) is 8.84 Å². The van der Waals surface area contributed by atoms with Gasteiger partial charge in [-0.05, 0) is 0 Å². The summed E-state index contributed by atoms with van der Waals surface area (Å²) in [6.45, 7) is 4.60. The van der Waals surface area contributed by atoms with Gasteiger partial charge < -0.3 is 0 Å². The molecule has 1 atom stereocenters. The van der Waals surface area contributed by atoms with Gasteiger partial charge in [0.15, 0.2) is 0 Å². The molecule has 2 aliphatic carbocycles. The maximum absolute atomic E-state index is 2.45. The molecule has 0 aliphatic heterocycles. The summed E-state index contributed by atoms with van der Waals surface area (Å²) >= 11 is -0.552. The molecule has 0 heterocycles. The molecule has 100 valence electrons. The van der Waals surface area contributed by atoms with Crippen LogP contribution in [0.15, 0.2) is 45.8 Å². The van der Waals surface area contributed by atoms with Crippen molar-refractivity contribution in [2.24, 2.45) is 0 Å². The fraction of sp³-hybridized carbons (Fsp3) is 0.250. The van der Waals surface area contributed by atoms with Gasteiger partial charge in [0, 0.05) is 0 Å². The van der Waals surface area contributed by atoms with Crippen molar-refractivity contribution >= 4 is 30.9 Å². The second-order valence-corrected chi connectivity index (χ2v) is 9.82. The third-order valence-corrected chi connectivity index (χ3v) is 7.60. The second-order valence-electron chi connectivity index (χ2n) is 5.08. The van der Waals surface area contributed by atoms with Gasteiger partial charge in [-0.25, -0.2) is 0 Å². The Morgan fingerprint density at radius 2 is 2.00 bits per heavy atom. The molecule has 0 saturated carbocycles. The van der Waals surface area contributed by atoms with E-state index in [1.165, 1.54) is 17.5 Å². The standard InChI is InChI=1S/C11H11.C5H5.2ClH.Zr/c1-8-3-6-11-9(2)4-5-10(11)7-8;1-2-4-5-3-1;;;/h3-7H,1-2H3;1-3H,4H2;2*1H;. The van der Waals surface area contributed by atoms with Crippen LogP contribution in [0.3, 0.4) is 0 Å². The minimum absolute atomic E-state index is 0. The Kier molecular flexibility index (Phi) is 5.86. The average Bonchev–Trinajstić information content (AvgIpc) is 2.88. The van der Waals surface area contributed by atoms with Gasteiger partial charge in [-0.15, -0.1) is 24.8 Å². The molecule has 0 spiro atoms. The number of benzene rings is 1. The van der Waals surface area contributed by atoms with Gasteiger partial charge in [0.25, 0.3) is 0 Å². The third kappa shape index (κ3) is 3.32. The van der Waals surface area contributed by atoms with Crippen LogP contribution in [0.4, 0.5) is 0 Å². The van der Waals surface area contributed by atoms with E-state index in [0.717, 1.165) is 0 Å². The zero-order chi connectivity index (χ0) is 11.9. The predicted molar refractivity (Wildman–Crippen MR) is 83.9 cm³/mol. The first kappa shape index (κ1) is 17.0. The molecule has 0 saturated heterocycles. The SMILES string of the molecule is Cc1ccc2c(c1)C=C[C]2(C)[Zr][C]1=CC=CC1.Cl.Cl. The minimum atomic E-state index is -0.552. The molecule has 0 aromatic heterocycles. The first-order valence-corrected chi connectivity index (χ1v) is 8.57. The molecule has 0 amide bonds. The van der Waals surface area contributed by atoms with Gasteiger partial charge >= 0.3 is 115 Å². The van der Waals surface area contributed by atoms with Crippen molar-refractivity contribution in [3.05, 3.63) is 62.5 Å². The predicted octanol–water partition coefficient (Wildman–Crippen LogP) is 5.01. The summed E-state index contributed by atoms with van der Waals surface area (Å²) in [5.41, 5.74) is 4.37. The Balaban J connectivity index is 0.000000902. The van der Waals surface area contributed by atoms with E-state index in [1.807, 2.05) is 0 Å². The molecule has 0 N–H and O–H groups in total. The maximum Gasteiger partial charge on any atom is -0.147 e. The molecule has 0 nitrogen and oxygen atoms in total. The largest absolute Gasteiger partial charge is 0.147 e. The Morgan fingerprint density at radius 1 is 1.21 bits per heavy atom. The number of aryl methyl sites for hydroxylation is 1. The Morgan fingerprint density at radius 3 is 2.68 bits per heavy atom. The van der Waals surface area contributed by atoms with Gasteiger partial charge in [-0.2, -0.15) is 0 Å². The number of rotatable bonds is 2. The van der Waals surface area contributed by atoms with Crippen molar-refractivity contribution in [1.82, 2.24) is 0 Å². The van der Waals surface area contributed by atoms with Crippen LogP contribution in [0.2, 0.25) is 0 Å². The molecule has 3 heteroatoms. The van der Waals surface area contributed by atoms with E-state index in [-0.39, 0.29) is 24.8 Å². The van der Waals surface area contributed by atoms with Gasteiger partial charge in [0.05, 0.1) is 0 Å². The second kappa shape index (κ2) is 6.57. The Hall–Kier alpha value is -0.0969. The van der Waals surface area contributed by atoms with Crippen molar-refractivity contribution in [1.29, 1.82) is 0 Å². The third-order valence-electron chi connectivity index (χ3n) is 3.55. The van der Waals surface area contributed by atoms with Gasteiger partial charge in [0.1, 0.15) is 0 Å². The molecular weight excluding hydrogens is 354 g/mol. The van der Waals surface area contributed by atoms with Gasteiger partial charge in [-0.3, -0.25) is 0 Å². The summed E-state index contributed by atoms with van der Waals surface area (Å²) in [7, 11) is 0. The number of fused-ring (bicyclic) bond motifs is 1. The summed E-state index contributed by atoms with van der Waals surface area (Å²) in [4.78, 5) is 0. The number of halogens is 2. The quantitative estimate of drug-likeness (QED) is 0.685. The molecule has 1 unspecified atom stereocenters. The van der Waals surface area contributed by atoms with E-state index in [9.17, 15) is 0 Å². The summed E-state index contributed by atoms with van der Waals surface area (Å²) in [6.07, 6.45) is 12.8. The Bertz CT molecular complexity index is 558. The molecule has 2 aliphatic rings. The van der Waals surface area contributed by atoms with Crippen LogP contribution >= 0.6 is 24.8 Å². The smallest absolute Gasteiger partial charge is 0.147 e. The van der Waals surface area contributed by atoms with E-state index < -0.39 is 23.2 Å². The molecule has 1 aromatic rings. The van der Waals surface area contributed by atoms with Crippen molar-refractivity contribution in [2.45, 2.75) is 23.4 Å². The average molecular weight is 372 g/mol. The van der Waals surface area contributed by atoms with Crippen LogP contribution < -0.4 is 0 Å². The van der Waals surface area contributed by atoms with Crippen molar-refractivity contribution in [2.75, 3.05) is 0 Å². The molecular formula is C16H18Cl2Zr. The van der Waals surface area contributed by atoms with E-state index in [4.69, 9.17) is 0 Å². The summed E-state index contributed by atoms with van der Waals surface area (Å²) in [5, 5.41) is 0. The van der Waals surface area contributed by atoms with Crippen LogP contribution in [-0.2, 0) is 26.4 Å². The van der Waals surface area contributed by atoms with Gasteiger partial charge in [0.2, 0.25) is 0 Å². The van der Waals surface area contributed by atoms with E-state index in [2.05, 4.69) is 62.4 Å². The monoisotopic (exact) mass is 370 g/mol. The zero-order valence-corrected chi connectivity index (χ0v) is 15.2. The van der Waals surface area contributed by atoms with Crippen LogP contribution in [0.25, 0.3) is 6.08 Å². The van der Waals surface area contributed by atoms with Crippen molar-refractivity contribution in [3.8, 4) is 0 Å². The number of hydrogen-bond donors (Lipinski definition) is 0. The summed E-state index contributed by atoms with van der Waals surface area (Å²) in [6, 6.07) is 6.91. The Labute approximate surface area is 139 Å². The van der Waals surface area contributed by atoms with Crippen LogP contribution in [0.1, 0.15) is 30.0 Å². The first-order valence-electron chi connectivity index (χ1n) is 6.12. The summed E-state index contributed by atoms with van der Waals surface area (Å²) in [5.74, 6) is 0. The minimum Gasteiger partial charge on any atom is -0.147 e. The molecule has 3 rings (SSSR count). The van der Waals surface area contributed by atoms with E-state index >= 15 is 0 Å². The number of hydrogen-bond acceptors (Lipinski definition) is 0. The van der Waals surface area contributed by atoms with Crippen molar-refractivity contribution < 1.29 is 23.2 Å². The zero-order valence-electron chi connectivity index (χ0n) is 11.1. The number of allylic oxidation sites excluding steroid dienone is 5. The molecule has 19 heavy (non-hydrogen) atoms. The molecule has 0 fully saturated rings. The topological polar surface area (TPSA) is 0 Å². The van der Waals surface area contributed by atoms with Crippen LogP contribution in [0.5, 0.6) is 0 Å². The first-order chi connectivity index (χ1) is 8.17. The van der Waals surface area contributed by atoms with Crippen LogP contribution in [-0.4, -0.2) is 0 Å². The molecule has 1 aromatic carbocycles. The fourth-order valence-corrected chi connectivity index (χ4v) is 6.54. The molecule has 0 bridgehead atoms. The van der Waals surface area contributed by atoms with E-state index in [0.29, 0.717) is 3.12 Å². The maximum atomic E-state index is 2.45. The van der Waals surface area contributed by atoms with Crippen molar-refractivity contribution in [3.63, 3.8) is 0 Å². The summed E-state index contributed by atoms with van der Waals surface area (Å²) < 4.78 is 2.08. The van der Waals surface area contributed by atoms with Crippen LogP contribution in [0, 0.1) is 6.92 Å². The van der Waals surface area contributed by atoms with Gasteiger partial charge in [-0.1, -0.05) is 0 Å². The molecule has 0 radical (unpaired) electrons. The fourth-order valence-electron chi connectivity index (χ4n) is 2.62.